The van der Waals surface area contributed by atoms with E-state index in [4.69, 9.17) is 13.9 Å². The normalized spacial score (nSPS) is 10.2. The van der Waals surface area contributed by atoms with Gasteiger partial charge >= 0.3 is 0 Å². The lowest BCUT2D eigenvalue weighted by atomic mass is 10.1. The first-order valence-electron chi connectivity index (χ1n) is 8.33. The van der Waals surface area contributed by atoms with Gasteiger partial charge in [-0.3, -0.25) is 0 Å². The fraction of sp³-hybridized carbons (Fsp3) is 0.238. The van der Waals surface area contributed by atoms with Gasteiger partial charge in [0.2, 0.25) is 0 Å². The molecule has 0 spiro atoms. The number of hydrogen-bond acceptors (Lipinski definition) is 4. The van der Waals surface area contributed by atoms with Crippen LogP contribution in [0.2, 0.25) is 0 Å². The number of nitrogens with one attached hydrogen (secondary N) is 1. The first kappa shape index (κ1) is 19.9. The van der Waals surface area contributed by atoms with E-state index in [-0.39, 0.29) is 12.4 Å². The van der Waals surface area contributed by atoms with Crippen molar-refractivity contribution in [3.8, 4) is 11.5 Å². The van der Waals surface area contributed by atoms with E-state index in [0.29, 0.717) is 13.2 Å². The van der Waals surface area contributed by atoms with E-state index >= 15 is 0 Å². The Bertz CT molecular complexity index is 786. The Morgan fingerprint density at radius 1 is 0.923 bits per heavy atom. The molecule has 1 aromatic heterocycles. The lowest BCUT2D eigenvalue weighted by molar-refractivity contribution is -0.00000624. The van der Waals surface area contributed by atoms with Crippen LogP contribution in [0.3, 0.4) is 0 Å². The first-order valence-corrected chi connectivity index (χ1v) is 8.33. The molecule has 0 aliphatic carbocycles. The van der Waals surface area contributed by atoms with Crippen LogP contribution in [0.4, 0.5) is 0 Å². The molecule has 0 aliphatic heterocycles. The molecule has 4 nitrogen and oxygen atoms in total. The number of methoxy groups -OCH3 is 1. The van der Waals surface area contributed by atoms with Gasteiger partial charge in [0, 0.05) is 6.54 Å². The maximum absolute atomic E-state index is 5.91. The minimum atomic E-state index is 0. The topological polar surface area (TPSA) is 43.6 Å². The summed E-state index contributed by atoms with van der Waals surface area (Å²) < 4.78 is 16.7. The second kappa shape index (κ2) is 9.90. The van der Waals surface area contributed by atoms with Crippen molar-refractivity contribution in [2.45, 2.75) is 26.6 Å². The Morgan fingerprint density at radius 2 is 1.69 bits per heavy atom. The molecule has 138 valence electrons. The molecule has 0 saturated carbocycles. The van der Waals surface area contributed by atoms with Crippen LogP contribution in [0.25, 0.3) is 0 Å². The van der Waals surface area contributed by atoms with Crippen molar-refractivity contribution < 1.29 is 26.3 Å². The monoisotopic (exact) mass is 372 g/mol. The van der Waals surface area contributed by atoms with Crippen LogP contribution in [0.1, 0.15) is 22.5 Å². The van der Waals surface area contributed by atoms with Crippen molar-refractivity contribution in [3.05, 3.63) is 83.3 Å². The summed E-state index contributed by atoms with van der Waals surface area (Å²) in [5.74, 6) is 2.41. The van der Waals surface area contributed by atoms with Crippen LogP contribution in [0, 0.1) is 6.92 Å². The van der Waals surface area contributed by atoms with Crippen molar-refractivity contribution in [1.29, 1.82) is 0 Å². The van der Waals surface area contributed by atoms with Crippen LogP contribution in [-0.4, -0.2) is 7.11 Å². The number of benzene rings is 2. The molecule has 3 rings (SSSR count). The van der Waals surface area contributed by atoms with Crippen molar-refractivity contribution in [2.75, 3.05) is 7.11 Å². The minimum Gasteiger partial charge on any atom is -1.00 e. The molecule has 0 saturated heterocycles. The van der Waals surface area contributed by atoms with Crippen LogP contribution in [0.5, 0.6) is 11.5 Å². The average molecular weight is 373 g/mol. The summed E-state index contributed by atoms with van der Waals surface area (Å²) in [6.45, 7) is 4.02. The molecule has 0 bridgehead atoms. The fourth-order valence-corrected chi connectivity index (χ4v) is 2.53. The van der Waals surface area contributed by atoms with Gasteiger partial charge in [-0.25, -0.2) is 0 Å². The number of ether oxygens (including phenoxy) is 2. The Hall–Kier alpha value is -2.43. The number of furan rings is 1. The third-order valence-corrected chi connectivity index (χ3v) is 3.95. The molecule has 5 heteroatoms. The third-order valence-electron chi connectivity index (χ3n) is 3.95. The minimum absolute atomic E-state index is 0. The third kappa shape index (κ3) is 5.55. The smallest absolute Gasteiger partial charge is 0.161 e. The quantitative estimate of drug-likeness (QED) is 0.650. The molecule has 1 N–H and O–H groups in total. The Kier molecular flexibility index (Phi) is 7.57. The highest BCUT2D eigenvalue weighted by molar-refractivity contribution is 5.43. The summed E-state index contributed by atoms with van der Waals surface area (Å²) in [6, 6.07) is 18.2. The number of rotatable bonds is 8. The molecule has 0 radical (unpaired) electrons. The average Bonchev–Trinajstić information content (AvgIpc) is 3.15. The lowest BCUT2D eigenvalue weighted by Crippen LogP contribution is -3.00. The molecule has 0 unspecified atom stereocenters. The molecule has 1 heterocycles. The predicted octanol–water partition coefficient (Wildman–Crippen LogP) is 1.47. The van der Waals surface area contributed by atoms with Crippen molar-refractivity contribution in [3.63, 3.8) is 0 Å². The SMILES string of the molecule is COc1cc(CNCc2ccco2)ccc1OCc1ccc(C)cc1.[Cl-]. The number of halogens is 1. The van der Waals surface area contributed by atoms with E-state index in [2.05, 4.69) is 36.5 Å². The molecule has 2 aromatic carbocycles. The molecular weight excluding hydrogens is 350 g/mol. The highest BCUT2D eigenvalue weighted by Gasteiger charge is 2.07. The van der Waals surface area contributed by atoms with Crippen molar-refractivity contribution in [2.24, 2.45) is 0 Å². The maximum atomic E-state index is 5.91. The van der Waals surface area contributed by atoms with E-state index in [1.807, 2.05) is 30.3 Å². The fourth-order valence-electron chi connectivity index (χ4n) is 2.53. The molecule has 26 heavy (non-hydrogen) atoms. The Balaban J connectivity index is 0.00000243. The molecule has 0 fully saturated rings. The summed E-state index contributed by atoms with van der Waals surface area (Å²) in [5.41, 5.74) is 3.51. The van der Waals surface area contributed by atoms with E-state index in [1.165, 1.54) is 5.56 Å². The van der Waals surface area contributed by atoms with Gasteiger partial charge in [-0.1, -0.05) is 35.9 Å². The zero-order valence-electron chi connectivity index (χ0n) is 15.0. The highest BCUT2D eigenvalue weighted by atomic mass is 35.5. The molecule has 0 aliphatic rings. The highest BCUT2D eigenvalue weighted by Crippen LogP contribution is 2.29. The van der Waals surface area contributed by atoms with Gasteiger partial charge in [0.15, 0.2) is 11.5 Å². The van der Waals surface area contributed by atoms with E-state index < -0.39 is 0 Å². The molecule has 0 amide bonds. The standard InChI is InChI=1S/C21H23NO3.ClH/c1-16-5-7-17(8-6-16)15-25-20-10-9-18(12-21(20)23-2)13-22-14-19-4-3-11-24-19;/h3-12,22H,13-15H2,1-2H3;1H/p-1. The van der Waals surface area contributed by atoms with Gasteiger partial charge < -0.3 is 31.6 Å². The van der Waals surface area contributed by atoms with E-state index in [9.17, 15) is 0 Å². The predicted molar refractivity (Wildman–Crippen MR) is 97.8 cm³/mol. The number of hydrogen-bond donors (Lipinski definition) is 1. The first-order chi connectivity index (χ1) is 12.2. The van der Waals surface area contributed by atoms with Crippen molar-refractivity contribution in [1.82, 2.24) is 5.32 Å². The van der Waals surface area contributed by atoms with Gasteiger partial charge in [0.1, 0.15) is 12.4 Å². The Labute approximate surface area is 160 Å². The second-order valence-electron chi connectivity index (χ2n) is 5.94. The van der Waals surface area contributed by atoms with Crippen LogP contribution in [-0.2, 0) is 19.7 Å². The zero-order valence-corrected chi connectivity index (χ0v) is 15.8. The summed E-state index contributed by atoms with van der Waals surface area (Å²) in [7, 11) is 1.66. The summed E-state index contributed by atoms with van der Waals surface area (Å²) in [5, 5.41) is 3.35. The maximum Gasteiger partial charge on any atom is 0.161 e. The summed E-state index contributed by atoms with van der Waals surface area (Å²) in [4.78, 5) is 0. The van der Waals surface area contributed by atoms with Gasteiger partial charge in [0.05, 0.1) is 19.9 Å². The van der Waals surface area contributed by atoms with Gasteiger partial charge in [-0.2, -0.15) is 0 Å². The van der Waals surface area contributed by atoms with E-state index in [1.54, 1.807) is 13.4 Å². The van der Waals surface area contributed by atoms with Crippen LogP contribution < -0.4 is 27.2 Å². The lowest BCUT2D eigenvalue weighted by Gasteiger charge is -2.13. The van der Waals surface area contributed by atoms with E-state index in [0.717, 1.165) is 34.9 Å². The molecule has 3 aromatic rings. The summed E-state index contributed by atoms with van der Waals surface area (Å²) in [6.07, 6.45) is 1.68. The summed E-state index contributed by atoms with van der Waals surface area (Å²) >= 11 is 0. The van der Waals surface area contributed by atoms with Gasteiger partial charge in [-0.05, 0) is 42.3 Å². The molecular formula is C21H23ClNO3-. The Morgan fingerprint density at radius 3 is 2.38 bits per heavy atom. The van der Waals surface area contributed by atoms with Crippen LogP contribution in [0.15, 0.2) is 65.3 Å². The van der Waals surface area contributed by atoms with Gasteiger partial charge in [-0.15, -0.1) is 0 Å². The largest absolute Gasteiger partial charge is 1.00 e. The zero-order chi connectivity index (χ0) is 17.5. The van der Waals surface area contributed by atoms with Crippen LogP contribution >= 0.6 is 0 Å². The van der Waals surface area contributed by atoms with Gasteiger partial charge in [0.25, 0.3) is 0 Å². The number of aryl methyl sites for hydroxylation is 1. The second-order valence-corrected chi connectivity index (χ2v) is 5.94. The molecule has 0 atom stereocenters. The van der Waals surface area contributed by atoms with Crippen molar-refractivity contribution >= 4 is 0 Å².